The number of nitrogen functional groups attached to an aromatic ring is 1. The molecule has 2 aromatic rings. The predicted octanol–water partition coefficient (Wildman–Crippen LogP) is 2.26. The van der Waals surface area contributed by atoms with E-state index >= 15 is 0 Å². The highest BCUT2D eigenvalue weighted by Gasteiger charge is 2.31. The number of nitrogens with two attached hydrogens (primary N) is 1. The van der Waals surface area contributed by atoms with E-state index in [4.69, 9.17) is 5.73 Å². The van der Waals surface area contributed by atoms with Gasteiger partial charge < -0.3 is 10.6 Å². The van der Waals surface area contributed by atoms with Crippen LogP contribution in [0.2, 0.25) is 0 Å². The zero-order valence-corrected chi connectivity index (χ0v) is 10.7. The summed E-state index contributed by atoms with van der Waals surface area (Å²) in [6.45, 7) is 2.06. The molecule has 1 aromatic carbocycles. The summed E-state index contributed by atoms with van der Waals surface area (Å²) in [4.78, 5) is 18.4. The van der Waals surface area contributed by atoms with Gasteiger partial charge in [0.2, 0.25) is 0 Å². The average Bonchev–Trinajstić information content (AvgIpc) is 2.74. The van der Waals surface area contributed by atoms with E-state index < -0.39 is 0 Å². The van der Waals surface area contributed by atoms with Crippen LogP contribution in [0.3, 0.4) is 0 Å². The first kappa shape index (κ1) is 11.7. The quantitative estimate of drug-likeness (QED) is 0.848. The fourth-order valence-corrected chi connectivity index (χ4v) is 2.55. The summed E-state index contributed by atoms with van der Waals surface area (Å²) < 4.78 is 0. The third-order valence-corrected chi connectivity index (χ3v) is 3.46. The van der Waals surface area contributed by atoms with Crippen LogP contribution in [0.15, 0.2) is 42.6 Å². The molecule has 0 spiro atoms. The zero-order chi connectivity index (χ0) is 13.4. The molecule has 1 amide bonds. The van der Waals surface area contributed by atoms with Gasteiger partial charge in [0, 0.05) is 17.9 Å². The van der Waals surface area contributed by atoms with Gasteiger partial charge in [0.05, 0.1) is 5.56 Å². The van der Waals surface area contributed by atoms with Crippen LogP contribution in [0.4, 0.5) is 11.5 Å². The molecule has 3 rings (SSSR count). The maximum absolute atomic E-state index is 12.6. The lowest BCUT2D eigenvalue weighted by Gasteiger charge is -2.22. The van der Waals surface area contributed by atoms with Crippen molar-refractivity contribution < 1.29 is 4.79 Å². The highest BCUT2D eigenvalue weighted by Crippen LogP contribution is 2.32. The highest BCUT2D eigenvalue weighted by molar-refractivity contribution is 6.07. The standard InChI is InChI=1S/C15H15N3O/c1-10-8-11-4-2-3-5-13(11)18(10)15(19)12-6-7-14(16)17-9-12/h2-7,9-10H,8H2,1H3,(H2,16,17). The van der Waals surface area contributed by atoms with E-state index in [0.717, 1.165) is 12.1 Å². The second-order valence-electron chi connectivity index (χ2n) is 4.83. The van der Waals surface area contributed by atoms with Gasteiger partial charge in [0.1, 0.15) is 5.82 Å². The van der Waals surface area contributed by atoms with Gasteiger partial charge in [-0.3, -0.25) is 4.79 Å². The molecule has 1 atom stereocenters. The molecule has 2 N–H and O–H groups in total. The Morgan fingerprint density at radius 1 is 1.32 bits per heavy atom. The van der Waals surface area contributed by atoms with Crippen LogP contribution >= 0.6 is 0 Å². The SMILES string of the molecule is CC1Cc2ccccc2N1C(=O)c1ccc(N)nc1. The van der Waals surface area contributed by atoms with Crippen LogP contribution in [0.1, 0.15) is 22.8 Å². The molecule has 0 saturated carbocycles. The summed E-state index contributed by atoms with van der Waals surface area (Å²) in [7, 11) is 0. The highest BCUT2D eigenvalue weighted by atomic mass is 16.2. The minimum atomic E-state index is -0.0232. The van der Waals surface area contributed by atoms with Gasteiger partial charge in [-0.05, 0) is 37.1 Å². The van der Waals surface area contributed by atoms with Gasteiger partial charge in [-0.2, -0.15) is 0 Å². The van der Waals surface area contributed by atoms with E-state index in [2.05, 4.69) is 18.0 Å². The number of carbonyl (C=O) groups excluding carboxylic acids is 1. The van der Waals surface area contributed by atoms with E-state index in [-0.39, 0.29) is 11.9 Å². The number of anilines is 2. The molecule has 2 heterocycles. The molecule has 1 aliphatic heterocycles. The van der Waals surface area contributed by atoms with Crippen molar-refractivity contribution in [1.82, 2.24) is 4.98 Å². The van der Waals surface area contributed by atoms with Crippen molar-refractivity contribution in [3.63, 3.8) is 0 Å². The van der Waals surface area contributed by atoms with Crippen molar-refractivity contribution in [2.45, 2.75) is 19.4 Å². The van der Waals surface area contributed by atoms with Crippen LogP contribution in [0.25, 0.3) is 0 Å². The third kappa shape index (κ3) is 1.95. The Labute approximate surface area is 111 Å². The second kappa shape index (κ2) is 4.39. The predicted molar refractivity (Wildman–Crippen MR) is 75.1 cm³/mol. The largest absolute Gasteiger partial charge is 0.384 e. The normalized spacial score (nSPS) is 17.3. The number of fused-ring (bicyclic) bond motifs is 1. The van der Waals surface area contributed by atoms with Crippen molar-refractivity contribution in [3.05, 3.63) is 53.7 Å². The van der Waals surface area contributed by atoms with Gasteiger partial charge in [-0.25, -0.2) is 4.98 Å². The van der Waals surface area contributed by atoms with E-state index in [9.17, 15) is 4.79 Å². The molecule has 1 aromatic heterocycles. The topological polar surface area (TPSA) is 59.2 Å². The number of hydrogen-bond acceptors (Lipinski definition) is 3. The van der Waals surface area contributed by atoms with Crippen molar-refractivity contribution in [1.29, 1.82) is 0 Å². The number of carbonyl (C=O) groups is 1. The molecule has 4 heteroatoms. The third-order valence-electron chi connectivity index (χ3n) is 3.46. The molecule has 0 radical (unpaired) electrons. The molecular formula is C15H15N3O. The van der Waals surface area contributed by atoms with Crippen LogP contribution < -0.4 is 10.6 Å². The molecule has 19 heavy (non-hydrogen) atoms. The summed E-state index contributed by atoms with van der Waals surface area (Å²) in [5.41, 5.74) is 8.33. The number of aromatic nitrogens is 1. The molecule has 1 unspecified atom stereocenters. The van der Waals surface area contributed by atoms with Gasteiger partial charge in [-0.1, -0.05) is 18.2 Å². The first-order valence-electron chi connectivity index (χ1n) is 6.30. The maximum Gasteiger partial charge on any atom is 0.260 e. The van der Waals surface area contributed by atoms with Crippen LogP contribution in [-0.4, -0.2) is 16.9 Å². The fraction of sp³-hybridized carbons (Fsp3) is 0.200. The Balaban J connectivity index is 1.98. The van der Waals surface area contributed by atoms with Crippen LogP contribution in [0.5, 0.6) is 0 Å². The summed E-state index contributed by atoms with van der Waals surface area (Å²) in [6.07, 6.45) is 2.43. The average molecular weight is 253 g/mol. The van der Waals surface area contributed by atoms with Crippen LogP contribution in [0, 0.1) is 0 Å². The van der Waals surface area contributed by atoms with E-state index in [1.54, 1.807) is 12.1 Å². The van der Waals surface area contributed by atoms with E-state index in [0.29, 0.717) is 11.4 Å². The molecule has 0 saturated heterocycles. The van der Waals surface area contributed by atoms with Gasteiger partial charge in [0.15, 0.2) is 0 Å². The Hall–Kier alpha value is -2.36. The lowest BCUT2D eigenvalue weighted by atomic mass is 10.1. The van der Waals surface area contributed by atoms with E-state index in [1.165, 1.54) is 11.8 Å². The summed E-state index contributed by atoms with van der Waals surface area (Å²) >= 11 is 0. The first-order valence-corrected chi connectivity index (χ1v) is 6.30. The molecule has 0 fully saturated rings. The lowest BCUT2D eigenvalue weighted by Crippen LogP contribution is -2.35. The summed E-state index contributed by atoms with van der Waals surface area (Å²) in [5.74, 6) is 0.399. The monoisotopic (exact) mass is 253 g/mol. The Kier molecular flexibility index (Phi) is 2.71. The number of rotatable bonds is 1. The molecule has 96 valence electrons. The zero-order valence-electron chi connectivity index (χ0n) is 10.7. The van der Waals surface area contributed by atoms with E-state index in [1.807, 2.05) is 23.1 Å². The van der Waals surface area contributed by atoms with Gasteiger partial charge >= 0.3 is 0 Å². The smallest absolute Gasteiger partial charge is 0.260 e. The Morgan fingerprint density at radius 2 is 2.11 bits per heavy atom. The Bertz CT molecular complexity index is 622. The first-order chi connectivity index (χ1) is 9.16. The van der Waals surface area contributed by atoms with Crippen molar-refractivity contribution in [2.24, 2.45) is 0 Å². The molecular weight excluding hydrogens is 238 g/mol. The number of pyridine rings is 1. The molecule has 4 nitrogen and oxygen atoms in total. The molecule has 1 aliphatic rings. The molecule has 0 aliphatic carbocycles. The summed E-state index contributed by atoms with van der Waals surface area (Å²) in [5, 5.41) is 0. The number of benzene rings is 1. The molecule has 0 bridgehead atoms. The Morgan fingerprint density at radius 3 is 2.84 bits per heavy atom. The van der Waals surface area contributed by atoms with Crippen molar-refractivity contribution >= 4 is 17.4 Å². The number of hydrogen-bond donors (Lipinski definition) is 1. The maximum atomic E-state index is 12.6. The van der Waals surface area contributed by atoms with Gasteiger partial charge in [-0.15, -0.1) is 0 Å². The minimum Gasteiger partial charge on any atom is -0.384 e. The van der Waals surface area contributed by atoms with Crippen molar-refractivity contribution in [3.8, 4) is 0 Å². The minimum absolute atomic E-state index is 0.0232. The van der Waals surface area contributed by atoms with Crippen LogP contribution in [-0.2, 0) is 6.42 Å². The summed E-state index contributed by atoms with van der Waals surface area (Å²) in [6, 6.07) is 11.6. The number of amides is 1. The number of para-hydroxylation sites is 1. The fourth-order valence-electron chi connectivity index (χ4n) is 2.55. The lowest BCUT2D eigenvalue weighted by molar-refractivity contribution is 0.0981. The number of nitrogens with zero attached hydrogens (tertiary/aromatic N) is 2. The van der Waals surface area contributed by atoms with Crippen molar-refractivity contribution in [2.75, 3.05) is 10.6 Å². The second-order valence-corrected chi connectivity index (χ2v) is 4.83. The van der Waals surface area contributed by atoms with Gasteiger partial charge in [0.25, 0.3) is 5.91 Å².